The van der Waals surface area contributed by atoms with E-state index in [0.717, 1.165) is 0 Å². The van der Waals surface area contributed by atoms with Gasteiger partial charge in [0.05, 0.1) is 23.9 Å². The number of quaternary nitrogens is 1. The topological polar surface area (TPSA) is 103 Å². The number of hydrogen-bond acceptors (Lipinski definition) is 5. The number of rotatable bonds is 6. The summed E-state index contributed by atoms with van der Waals surface area (Å²) in [5.74, 6) is -0.233. The van der Waals surface area contributed by atoms with Gasteiger partial charge in [-0.15, -0.1) is 0 Å². The molecule has 0 atom stereocenters. The number of carbonyl (C=O) groups is 1. The summed E-state index contributed by atoms with van der Waals surface area (Å²) in [5, 5.41) is 21.7. The van der Waals surface area contributed by atoms with Gasteiger partial charge in [-0.25, -0.2) is 4.79 Å². The SMILES string of the molecule is C[N+](C)(Cc1cccc([N+](=O)[O-])c1)C(=O)/C=C/c1cccc([N+](=O)[O-])c1.[Cl-]. The molecule has 0 aliphatic carbocycles. The lowest BCUT2D eigenvalue weighted by Crippen LogP contribution is -3.00. The Labute approximate surface area is 162 Å². The van der Waals surface area contributed by atoms with E-state index < -0.39 is 9.85 Å². The van der Waals surface area contributed by atoms with Crippen molar-refractivity contribution in [2.24, 2.45) is 0 Å². The van der Waals surface area contributed by atoms with Crippen molar-refractivity contribution >= 4 is 23.4 Å². The van der Waals surface area contributed by atoms with Gasteiger partial charge in [-0.2, -0.15) is 0 Å². The molecule has 1 amide bonds. The highest BCUT2D eigenvalue weighted by Gasteiger charge is 2.25. The Bertz CT molecular complexity index is 896. The maximum Gasteiger partial charge on any atom is 0.338 e. The molecule has 27 heavy (non-hydrogen) atoms. The third-order valence-corrected chi connectivity index (χ3v) is 3.80. The van der Waals surface area contributed by atoms with Crippen LogP contribution in [0.3, 0.4) is 0 Å². The molecule has 142 valence electrons. The van der Waals surface area contributed by atoms with Crippen LogP contribution in [0, 0.1) is 20.2 Å². The van der Waals surface area contributed by atoms with Gasteiger partial charge in [0.2, 0.25) is 0 Å². The van der Waals surface area contributed by atoms with E-state index in [0.29, 0.717) is 11.1 Å². The van der Waals surface area contributed by atoms with Crippen molar-refractivity contribution in [3.63, 3.8) is 0 Å². The van der Waals surface area contributed by atoms with E-state index in [9.17, 15) is 25.0 Å². The fraction of sp³-hybridized carbons (Fsp3) is 0.167. The number of halogens is 1. The molecule has 9 heteroatoms. The molecule has 0 heterocycles. The highest BCUT2D eigenvalue weighted by molar-refractivity contribution is 5.86. The number of nitro groups is 2. The molecule has 0 radical (unpaired) electrons. The number of nitro benzene ring substituents is 2. The normalized spacial score (nSPS) is 11.0. The lowest BCUT2D eigenvalue weighted by atomic mass is 10.1. The predicted molar refractivity (Wildman–Crippen MR) is 96.0 cm³/mol. The van der Waals surface area contributed by atoms with Crippen LogP contribution in [-0.2, 0) is 11.3 Å². The summed E-state index contributed by atoms with van der Waals surface area (Å²) in [6.07, 6.45) is 2.87. The van der Waals surface area contributed by atoms with Gasteiger partial charge in [0.1, 0.15) is 6.54 Å². The standard InChI is InChI=1S/C18H18N3O5.ClH/c1-21(2,13-15-6-4-8-17(12-15)20(25)26)18(22)10-9-14-5-3-7-16(11-14)19(23)24;/h3-12H,13H2,1-2H3;1H/q+1;/p-1/b10-9+;. The molecular weight excluding hydrogens is 374 g/mol. The molecule has 0 unspecified atom stereocenters. The van der Waals surface area contributed by atoms with Gasteiger partial charge in [0.25, 0.3) is 11.4 Å². The van der Waals surface area contributed by atoms with Gasteiger partial charge in [0, 0.05) is 35.9 Å². The van der Waals surface area contributed by atoms with E-state index in [1.165, 1.54) is 36.4 Å². The molecule has 2 aromatic rings. The first-order valence-electron chi connectivity index (χ1n) is 7.72. The zero-order valence-electron chi connectivity index (χ0n) is 14.7. The zero-order chi connectivity index (χ0) is 19.3. The van der Waals surface area contributed by atoms with Gasteiger partial charge in [-0.1, -0.05) is 24.3 Å². The monoisotopic (exact) mass is 391 g/mol. The second-order valence-corrected chi connectivity index (χ2v) is 6.29. The average molecular weight is 392 g/mol. The van der Waals surface area contributed by atoms with E-state index in [1.54, 1.807) is 38.4 Å². The van der Waals surface area contributed by atoms with Crippen molar-refractivity contribution in [3.05, 3.63) is 86.0 Å². The van der Waals surface area contributed by atoms with Crippen molar-refractivity contribution in [2.75, 3.05) is 14.1 Å². The summed E-state index contributed by atoms with van der Waals surface area (Å²) >= 11 is 0. The Morgan fingerprint density at radius 1 is 1.00 bits per heavy atom. The van der Waals surface area contributed by atoms with E-state index in [-0.39, 0.29) is 40.7 Å². The largest absolute Gasteiger partial charge is 1.00 e. The molecule has 0 spiro atoms. The fourth-order valence-electron chi connectivity index (χ4n) is 2.41. The number of carbonyl (C=O) groups excluding carboxylic acids is 1. The fourth-order valence-corrected chi connectivity index (χ4v) is 2.41. The van der Waals surface area contributed by atoms with Crippen molar-refractivity contribution in [1.82, 2.24) is 0 Å². The van der Waals surface area contributed by atoms with Crippen LogP contribution in [0.25, 0.3) is 6.08 Å². The highest BCUT2D eigenvalue weighted by Crippen LogP contribution is 2.18. The predicted octanol–water partition coefficient (Wildman–Crippen LogP) is 0.323. The van der Waals surface area contributed by atoms with Crippen LogP contribution in [0.2, 0.25) is 0 Å². The van der Waals surface area contributed by atoms with Gasteiger partial charge in [-0.05, 0) is 11.6 Å². The summed E-state index contributed by atoms with van der Waals surface area (Å²) in [6, 6.07) is 12.1. The summed E-state index contributed by atoms with van der Waals surface area (Å²) < 4.78 is -0.0490. The summed E-state index contributed by atoms with van der Waals surface area (Å²) in [4.78, 5) is 33.2. The summed E-state index contributed by atoms with van der Waals surface area (Å²) in [5.41, 5.74) is 1.14. The smallest absolute Gasteiger partial charge is 0.338 e. The molecule has 0 bridgehead atoms. The van der Waals surface area contributed by atoms with Crippen molar-refractivity contribution in [2.45, 2.75) is 6.54 Å². The van der Waals surface area contributed by atoms with Gasteiger partial charge in [0.15, 0.2) is 0 Å². The van der Waals surface area contributed by atoms with Crippen LogP contribution < -0.4 is 12.4 Å². The minimum atomic E-state index is -0.499. The van der Waals surface area contributed by atoms with E-state index >= 15 is 0 Å². The number of nitrogens with zero attached hydrogens (tertiary/aromatic N) is 3. The molecule has 0 N–H and O–H groups in total. The molecule has 0 saturated heterocycles. The first-order valence-corrected chi connectivity index (χ1v) is 7.72. The van der Waals surface area contributed by atoms with E-state index in [4.69, 9.17) is 0 Å². The maximum absolute atomic E-state index is 12.5. The zero-order valence-corrected chi connectivity index (χ0v) is 15.5. The molecule has 0 aliphatic rings. The van der Waals surface area contributed by atoms with Crippen molar-refractivity contribution < 1.29 is 31.5 Å². The van der Waals surface area contributed by atoms with Gasteiger partial charge >= 0.3 is 5.91 Å². The molecule has 2 aromatic carbocycles. The third kappa shape index (κ3) is 5.98. The van der Waals surface area contributed by atoms with E-state index in [2.05, 4.69) is 0 Å². The van der Waals surface area contributed by atoms with Crippen LogP contribution in [-0.4, -0.2) is 34.3 Å². The lowest BCUT2D eigenvalue weighted by Gasteiger charge is -2.25. The summed E-state index contributed by atoms with van der Waals surface area (Å²) in [6.45, 7) is 0.278. The van der Waals surface area contributed by atoms with E-state index in [1.807, 2.05) is 0 Å². The second-order valence-electron chi connectivity index (χ2n) is 6.29. The third-order valence-electron chi connectivity index (χ3n) is 3.80. The molecule has 0 aliphatic heterocycles. The Kier molecular flexibility index (Phi) is 7.33. The number of non-ortho nitro benzene ring substituents is 2. The first-order chi connectivity index (χ1) is 12.2. The quantitative estimate of drug-likeness (QED) is 0.305. The minimum Gasteiger partial charge on any atom is -1.00 e. The first kappa shape index (κ1) is 21.9. The van der Waals surface area contributed by atoms with Gasteiger partial charge in [-0.3, -0.25) is 24.7 Å². The maximum atomic E-state index is 12.5. The molecule has 8 nitrogen and oxygen atoms in total. The Morgan fingerprint density at radius 2 is 1.56 bits per heavy atom. The lowest BCUT2D eigenvalue weighted by molar-refractivity contribution is -0.825. The van der Waals surface area contributed by atoms with Crippen molar-refractivity contribution in [1.29, 1.82) is 0 Å². The Morgan fingerprint density at radius 3 is 2.15 bits per heavy atom. The number of hydrogen-bond donors (Lipinski definition) is 0. The number of likely N-dealkylation sites (N-methyl/N-ethyl adjacent to an activating group) is 1. The highest BCUT2D eigenvalue weighted by atomic mass is 35.5. The van der Waals surface area contributed by atoms with Crippen LogP contribution in [0.4, 0.5) is 11.4 Å². The van der Waals surface area contributed by atoms with Crippen LogP contribution >= 0.6 is 0 Å². The van der Waals surface area contributed by atoms with Crippen LogP contribution in [0.1, 0.15) is 11.1 Å². The van der Waals surface area contributed by atoms with Crippen molar-refractivity contribution in [3.8, 4) is 0 Å². The molecule has 0 fully saturated rings. The Hall–Kier alpha value is -3.10. The summed E-state index contributed by atoms with van der Waals surface area (Å²) in [7, 11) is 3.39. The Balaban J connectivity index is 0.00000364. The molecule has 2 rings (SSSR count). The van der Waals surface area contributed by atoms with Crippen LogP contribution in [0.15, 0.2) is 54.6 Å². The molecule has 0 saturated carbocycles. The second kappa shape index (κ2) is 9.02. The average Bonchev–Trinajstić information content (AvgIpc) is 2.59. The van der Waals surface area contributed by atoms with Gasteiger partial charge < -0.3 is 12.4 Å². The van der Waals surface area contributed by atoms with Crippen LogP contribution in [0.5, 0.6) is 0 Å². The molecular formula is C18H18ClN3O5. The number of benzene rings is 2. The number of amides is 1. The molecule has 0 aromatic heterocycles. The minimum absolute atomic E-state index is 0.